The first-order chi connectivity index (χ1) is 13.1. The van der Waals surface area contributed by atoms with Crippen molar-refractivity contribution in [3.63, 3.8) is 0 Å². The summed E-state index contributed by atoms with van der Waals surface area (Å²) in [5, 5.41) is 2.04. The third-order valence-corrected chi connectivity index (χ3v) is 4.46. The van der Waals surface area contributed by atoms with Crippen molar-refractivity contribution in [1.29, 1.82) is 0 Å². The lowest BCUT2D eigenvalue weighted by Crippen LogP contribution is -2.25. The maximum Gasteiger partial charge on any atom is 0.313 e. The molecule has 1 aliphatic rings. The molecular weight excluding hydrogens is 351 g/mol. The predicted molar refractivity (Wildman–Crippen MR) is 95.6 cm³/mol. The van der Waals surface area contributed by atoms with Crippen molar-refractivity contribution in [3.05, 3.63) is 66.1 Å². The Morgan fingerprint density at radius 3 is 2.67 bits per heavy atom. The molecular formula is C20H15FN2O4. The van der Waals surface area contributed by atoms with Crippen LogP contribution in [-0.2, 0) is 14.4 Å². The van der Waals surface area contributed by atoms with Gasteiger partial charge in [-0.15, -0.1) is 0 Å². The molecule has 1 aliphatic heterocycles. The zero-order chi connectivity index (χ0) is 19.0. The van der Waals surface area contributed by atoms with Crippen LogP contribution in [0.15, 0.2) is 54.6 Å². The number of benzene rings is 2. The van der Waals surface area contributed by atoms with E-state index in [4.69, 9.17) is 9.57 Å². The third-order valence-electron chi connectivity index (χ3n) is 4.46. The van der Waals surface area contributed by atoms with Gasteiger partial charge in [-0.2, -0.15) is 0 Å². The fourth-order valence-corrected chi connectivity index (χ4v) is 3.35. The average molecular weight is 366 g/mol. The summed E-state index contributed by atoms with van der Waals surface area (Å²) in [5.74, 6) is 1.41. The van der Waals surface area contributed by atoms with Crippen LogP contribution in [0.4, 0.5) is 4.39 Å². The molecule has 1 atom stereocenters. The van der Waals surface area contributed by atoms with E-state index in [-0.39, 0.29) is 12.2 Å². The molecule has 0 saturated carbocycles. The van der Waals surface area contributed by atoms with E-state index in [2.05, 4.69) is 0 Å². The summed E-state index contributed by atoms with van der Waals surface area (Å²) in [4.78, 5) is 29.3. The van der Waals surface area contributed by atoms with Crippen LogP contribution in [0.25, 0.3) is 16.7 Å². The molecule has 0 fully saturated rings. The first-order valence-corrected chi connectivity index (χ1v) is 8.28. The number of fused-ring (bicyclic) bond motifs is 3. The van der Waals surface area contributed by atoms with E-state index in [1.807, 2.05) is 12.0 Å². The molecule has 0 aliphatic carbocycles. The molecule has 0 saturated heterocycles. The third kappa shape index (κ3) is 2.89. The van der Waals surface area contributed by atoms with E-state index >= 15 is 0 Å². The highest BCUT2D eigenvalue weighted by atomic mass is 19.1. The highest BCUT2D eigenvalue weighted by molar-refractivity contribution is 5.91. The Kier molecular flexibility index (Phi) is 4.24. The number of nitrogens with zero attached hydrogens (tertiary/aromatic N) is 2. The Bertz CT molecular complexity index is 1070. The summed E-state index contributed by atoms with van der Waals surface area (Å²) in [7, 11) is 1.39. The van der Waals surface area contributed by atoms with Gasteiger partial charge in [0, 0.05) is 5.39 Å². The summed E-state index contributed by atoms with van der Waals surface area (Å²) >= 11 is 0. The minimum absolute atomic E-state index is 0.0608. The topological polar surface area (TPSA) is 60.8 Å². The highest BCUT2D eigenvalue weighted by Crippen LogP contribution is 2.41. The van der Waals surface area contributed by atoms with E-state index in [9.17, 15) is 14.0 Å². The molecule has 2 aromatic carbocycles. The molecule has 0 radical (unpaired) electrons. The van der Waals surface area contributed by atoms with Crippen molar-refractivity contribution >= 4 is 28.6 Å². The van der Waals surface area contributed by atoms with Gasteiger partial charge in [-0.3, -0.25) is 14.2 Å². The fraction of sp³-hybridized carbons (Fsp3) is 0.150. The summed E-state index contributed by atoms with van der Waals surface area (Å²) in [6.07, 6.45) is -0.0628. The number of hydroxylamine groups is 2. The molecule has 0 spiro atoms. The van der Waals surface area contributed by atoms with Gasteiger partial charge in [0.2, 0.25) is 5.82 Å². The first-order valence-electron chi connectivity index (χ1n) is 8.28. The summed E-state index contributed by atoms with van der Waals surface area (Å²) < 4.78 is 20.6. The van der Waals surface area contributed by atoms with E-state index in [1.54, 1.807) is 41.0 Å². The monoisotopic (exact) mass is 366 g/mol. The number of para-hydroxylation sites is 1. The van der Waals surface area contributed by atoms with Gasteiger partial charge in [-0.1, -0.05) is 18.2 Å². The number of ether oxygens (including phenoxy) is 1. The maximum atomic E-state index is 13.7. The maximum absolute atomic E-state index is 13.7. The second-order valence-electron chi connectivity index (χ2n) is 6.05. The smallest absolute Gasteiger partial charge is 0.313 e. The molecule has 3 aromatic rings. The van der Waals surface area contributed by atoms with Gasteiger partial charge in [0.25, 0.3) is 0 Å². The molecule has 2 heterocycles. The number of hydrogen-bond donors (Lipinski definition) is 0. The van der Waals surface area contributed by atoms with E-state index in [0.717, 1.165) is 5.39 Å². The van der Waals surface area contributed by atoms with Crippen molar-refractivity contribution in [3.8, 4) is 5.75 Å². The van der Waals surface area contributed by atoms with Crippen LogP contribution in [0.2, 0.25) is 0 Å². The quantitative estimate of drug-likeness (QED) is 0.403. The molecule has 27 heavy (non-hydrogen) atoms. The Balaban J connectivity index is 1.71. The van der Waals surface area contributed by atoms with Crippen LogP contribution < -0.4 is 4.74 Å². The SMILES string of the molecule is CON1C(=C=O)n2c(cc3ccc(F)cc32)C1CC(=O)Oc1ccccc1. The molecule has 4 rings (SSSR count). The fourth-order valence-electron chi connectivity index (χ4n) is 3.35. The molecule has 6 nitrogen and oxygen atoms in total. The second kappa shape index (κ2) is 6.72. The Morgan fingerprint density at radius 2 is 1.96 bits per heavy atom. The van der Waals surface area contributed by atoms with E-state index in [0.29, 0.717) is 17.0 Å². The van der Waals surface area contributed by atoms with Gasteiger partial charge in [-0.05, 0) is 36.4 Å². The van der Waals surface area contributed by atoms with Gasteiger partial charge in [-0.25, -0.2) is 14.2 Å². The molecule has 0 N–H and O–H groups in total. The lowest BCUT2D eigenvalue weighted by molar-refractivity contribution is -0.143. The van der Waals surface area contributed by atoms with Gasteiger partial charge in [0.05, 0.1) is 24.7 Å². The van der Waals surface area contributed by atoms with Gasteiger partial charge in [0.1, 0.15) is 17.6 Å². The number of halogens is 1. The molecule has 0 bridgehead atoms. The number of carbonyl (C=O) groups excluding carboxylic acids is 2. The Hall–Kier alpha value is -3.41. The van der Waals surface area contributed by atoms with Crippen molar-refractivity contribution in [2.45, 2.75) is 12.5 Å². The Morgan fingerprint density at radius 1 is 1.19 bits per heavy atom. The van der Waals surface area contributed by atoms with E-state index < -0.39 is 17.8 Å². The normalized spacial score (nSPS) is 15.7. The van der Waals surface area contributed by atoms with Crippen LogP contribution in [0.5, 0.6) is 5.75 Å². The summed E-state index contributed by atoms with van der Waals surface area (Å²) in [6.45, 7) is 0. The standard InChI is InChI=1S/C20H15FN2O4/c1-26-23-18(11-20(25)27-15-5-3-2-4-6-15)17-9-13-7-8-14(21)10-16(13)22(17)19(23)12-24/h2-10,18H,11H2,1H3. The number of esters is 1. The van der Waals surface area contributed by atoms with Crippen LogP contribution in [0.3, 0.4) is 0 Å². The largest absolute Gasteiger partial charge is 0.426 e. The highest BCUT2D eigenvalue weighted by Gasteiger charge is 2.39. The summed E-state index contributed by atoms with van der Waals surface area (Å²) in [6, 6.07) is 14.2. The van der Waals surface area contributed by atoms with Crippen LogP contribution in [0.1, 0.15) is 18.2 Å². The Labute approximate surface area is 154 Å². The first kappa shape index (κ1) is 17.0. The molecule has 7 heteroatoms. The number of hydrogen-bond acceptors (Lipinski definition) is 5. The summed E-state index contributed by atoms with van der Waals surface area (Å²) in [5.41, 5.74) is 1.13. The molecule has 0 amide bonds. The van der Waals surface area contributed by atoms with Crippen molar-refractivity contribution in [2.75, 3.05) is 7.11 Å². The van der Waals surface area contributed by atoms with Gasteiger partial charge in [0.15, 0.2) is 5.94 Å². The zero-order valence-corrected chi connectivity index (χ0v) is 14.4. The van der Waals surface area contributed by atoms with E-state index in [1.165, 1.54) is 24.3 Å². The predicted octanol–water partition coefficient (Wildman–Crippen LogP) is 3.32. The average Bonchev–Trinajstić information content (AvgIpc) is 3.16. The van der Waals surface area contributed by atoms with Crippen molar-refractivity contribution in [1.82, 2.24) is 9.63 Å². The molecule has 1 aromatic heterocycles. The zero-order valence-electron chi connectivity index (χ0n) is 14.4. The van der Waals surface area contributed by atoms with Crippen molar-refractivity contribution < 1.29 is 23.6 Å². The second-order valence-corrected chi connectivity index (χ2v) is 6.05. The lowest BCUT2D eigenvalue weighted by Gasteiger charge is -2.22. The lowest BCUT2D eigenvalue weighted by atomic mass is 10.1. The van der Waals surface area contributed by atoms with Crippen LogP contribution >= 0.6 is 0 Å². The van der Waals surface area contributed by atoms with Crippen molar-refractivity contribution in [2.24, 2.45) is 0 Å². The van der Waals surface area contributed by atoms with Crippen LogP contribution in [-0.4, -0.2) is 28.7 Å². The van der Waals surface area contributed by atoms with Gasteiger partial charge < -0.3 is 4.74 Å². The van der Waals surface area contributed by atoms with Gasteiger partial charge >= 0.3 is 5.97 Å². The molecule has 1 unspecified atom stereocenters. The number of carbonyl (C=O) groups is 1. The van der Waals surface area contributed by atoms with Crippen LogP contribution in [0, 0.1) is 5.82 Å². The minimum Gasteiger partial charge on any atom is -0.426 e. The number of aromatic nitrogens is 1. The minimum atomic E-state index is -0.599. The molecule has 136 valence electrons. The number of rotatable bonds is 4.